The highest BCUT2D eigenvalue weighted by atomic mass is 32.2. The second-order valence-electron chi connectivity index (χ2n) is 8.23. The molecule has 8 nitrogen and oxygen atoms in total. The largest absolute Gasteiger partial charge is 0.344 e. The lowest BCUT2D eigenvalue weighted by Crippen LogP contribution is -2.49. The quantitative estimate of drug-likeness (QED) is 0.551. The standard InChI is InChI=1S/C24H29N5O3S/c1-19(24(31)28-14-6-3-7-15-28)26-22(30)18-33(32)17-20-16-25-29(21-10-4-2-5-11-21)23(20)27-12-8-9-13-27/h2,4-5,8-13,16,19H,3,6-7,14-15,17-18H2,1H3,(H,26,30)/t19-,33-/m0/s1. The number of carbonyl (C=O) groups excluding carboxylic acids is 2. The van der Waals surface area contributed by atoms with Gasteiger partial charge in [-0.2, -0.15) is 5.10 Å². The SMILES string of the molecule is C[C@H](NC(=O)C[S@@](=O)Cc1cnn(-c2ccccc2)c1-n1cccc1)C(=O)N1CCCCC1. The molecule has 4 rings (SSSR count). The van der Waals surface area contributed by atoms with E-state index in [4.69, 9.17) is 0 Å². The van der Waals surface area contributed by atoms with Crippen molar-refractivity contribution in [2.24, 2.45) is 0 Å². The zero-order valence-corrected chi connectivity index (χ0v) is 19.5. The molecule has 1 saturated heterocycles. The van der Waals surface area contributed by atoms with Gasteiger partial charge in [-0.3, -0.25) is 13.8 Å². The fourth-order valence-electron chi connectivity index (χ4n) is 4.09. The van der Waals surface area contributed by atoms with Gasteiger partial charge in [0.15, 0.2) is 0 Å². The third-order valence-electron chi connectivity index (χ3n) is 5.69. The van der Waals surface area contributed by atoms with E-state index in [2.05, 4.69) is 10.4 Å². The summed E-state index contributed by atoms with van der Waals surface area (Å²) in [4.78, 5) is 26.8. The number of likely N-dealkylation sites (tertiary alicyclic amines) is 1. The first kappa shape index (κ1) is 23.0. The Kier molecular flexibility index (Phi) is 7.39. The maximum absolute atomic E-state index is 12.9. The molecule has 174 valence electrons. The molecule has 0 saturated carbocycles. The minimum Gasteiger partial charge on any atom is -0.344 e. The predicted molar refractivity (Wildman–Crippen MR) is 128 cm³/mol. The van der Waals surface area contributed by atoms with E-state index in [1.165, 1.54) is 0 Å². The zero-order valence-electron chi connectivity index (χ0n) is 18.7. The summed E-state index contributed by atoms with van der Waals surface area (Å²) in [7, 11) is -1.45. The van der Waals surface area contributed by atoms with Crippen molar-refractivity contribution in [2.75, 3.05) is 18.8 Å². The Balaban J connectivity index is 1.42. The molecule has 9 heteroatoms. The van der Waals surface area contributed by atoms with Gasteiger partial charge in [0.2, 0.25) is 11.8 Å². The molecule has 2 amide bonds. The van der Waals surface area contributed by atoms with Crippen molar-refractivity contribution in [3.05, 3.63) is 66.6 Å². The molecule has 3 aromatic rings. The number of piperidine rings is 1. The minimum atomic E-state index is -1.45. The average molecular weight is 468 g/mol. The Morgan fingerprint density at radius 3 is 2.45 bits per heavy atom. The Morgan fingerprint density at radius 2 is 1.76 bits per heavy atom. The number of hydrogen-bond acceptors (Lipinski definition) is 4. The van der Waals surface area contributed by atoms with Gasteiger partial charge in [-0.15, -0.1) is 0 Å². The molecule has 1 fully saturated rings. The van der Waals surface area contributed by atoms with Gasteiger partial charge in [-0.25, -0.2) is 4.68 Å². The Bertz CT molecular complexity index is 1100. The van der Waals surface area contributed by atoms with Crippen LogP contribution in [0, 0.1) is 0 Å². The number of nitrogens with zero attached hydrogens (tertiary/aromatic N) is 4. The van der Waals surface area contributed by atoms with Crippen LogP contribution in [0.1, 0.15) is 31.7 Å². The fraction of sp³-hybridized carbons (Fsp3) is 0.375. The number of rotatable bonds is 8. The zero-order chi connectivity index (χ0) is 23.2. The number of amides is 2. The van der Waals surface area contributed by atoms with Crippen LogP contribution in [0.2, 0.25) is 0 Å². The van der Waals surface area contributed by atoms with Crippen LogP contribution in [-0.4, -0.2) is 60.2 Å². The van der Waals surface area contributed by atoms with E-state index < -0.39 is 16.8 Å². The molecule has 3 heterocycles. The minimum absolute atomic E-state index is 0.0761. The van der Waals surface area contributed by atoms with Crippen molar-refractivity contribution in [1.29, 1.82) is 0 Å². The second-order valence-corrected chi connectivity index (χ2v) is 9.69. The van der Waals surface area contributed by atoms with E-state index in [9.17, 15) is 13.8 Å². The van der Waals surface area contributed by atoms with Gasteiger partial charge < -0.3 is 14.8 Å². The molecule has 1 N–H and O–H groups in total. The van der Waals surface area contributed by atoms with Crippen LogP contribution in [0.3, 0.4) is 0 Å². The van der Waals surface area contributed by atoms with Crippen molar-refractivity contribution in [3.63, 3.8) is 0 Å². The van der Waals surface area contributed by atoms with Crippen molar-refractivity contribution in [1.82, 2.24) is 24.6 Å². The number of para-hydroxylation sites is 1. The summed E-state index contributed by atoms with van der Waals surface area (Å²) in [6.45, 7) is 3.16. The topological polar surface area (TPSA) is 89.2 Å². The normalized spacial score (nSPS) is 15.7. The summed E-state index contributed by atoms with van der Waals surface area (Å²) < 4.78 is 16.6. The molecular formula is C24H29N5O3S. The number of hydrogen-bond donors (Lipinski definition) is 1. The summed E-state index contributed by atoms with van der Waals surface area (Å²) >= 11 is 0. The van der Waals surface area contributed by atoms with Gasteiger partial charge >= 0.3 is 0 Å². The van der Waals surface area contributed by atoms with E-state index in [0.29, 0.717) is 0 Å². The number of carbonyl (C=O) groups is 2. The number of aromatic nitrogens is 3. The lowest BCUT2D eigenvalue weighted by Gasteiger charge is -2.29. The predicted octanol–water partition coefficient (Wildman–Crippen LogP) is 2.43. The highest BCUT2D eigenvalue weighted by Crippen LogP contribution is 2.21. The molecule has 0 unspecified atom stereocenters. The van der Waals surface area contributed by atoms with Crippen LogP contribution < -0.4 is 5.32 Å². The van der Waals surface area contributed by atoms with Gasteiger partial charge in [0.05, 0.1) is 17.6 Å². The first-order chi connectivity index (χ1) is 16.0. The van der Waals surface area contributed by atoms with Crippen LogP contribution in [0.15, 0.2) is 61.1 Å². The lowest BCUT2D eigenvalue weighted by molar-refractivity contribution is -0.136. The highest BCUT2D eigenvalue weighted by Gasteiger charge is 2.24. The molecule has 1 aliphatic heterocycles. The van der Waals surface area contributed by atoms with Crippen LogP contribution >= 0.6 is 0 Å². The number of benzene rings is 1. The van der Waals surface area contributed by atoms with Crippen molar-refractivity contribution in [3.8, 4) is 11.5 Å². The Morgan fingerprint density at radius 1 is 1.06 bits per heavy atom. The summed E-state index contributed by atoms with van der Waals surface area (Å²) in [6.07, 6.45) is 8.64. The van der Waals surface area contributed by atoms with Crippen LogP contribution in [0.4, 0.5) is 0 Å². The molecular weight excluding hydrogens is 438 g/mol. The molecule has 0 spiro atoms. The van der Waals surface area contributed by atoms with Gasteiger partial charge in [0, 0.05) is 41.8 Å². The molecule has 1 aromatic carbocycles. The first-order valence-electron chi connectivity index (χ1n) is 11.2. The molecule has 1 aliphatic rings. The Hall–Kier alpha value is -3.20. The van der Waals surface area contributed by atoms with E-state index in [1.807, 2.05) is 59.4 Å². The maximum atomic E-state index is 12.9. The molecule has 0 aliphatic carbocycles. The van der Waals surface area contributed by atoms with E-state index in [0.717, 1.165) is 49.4 Å². The van der Waals surface area contributed by atoms with E-state index in [1.54, 1.807) is 22.7 Å². The molecule has 0 radical (unpaired) electrons. The molecule has 2 atom stereocenters. The van der Waals surface area contributed by atoms with Gasteiger partial charge in [0.25, 0.3) is 0 Å². The van der Waals surface area contributed by atoms with E-state index >= 15 is 0 Å². The van der Waals surface area contributed by atoms with Crippen molar-refractivity contribution in [2.45, 2.75) is 38.0 Å². The summed E-state index contributed by atoms with van der Waals surface area (Å²) in [5.41, 5.74) is 1.67. The van der Waals surface area contributed by atoms with Crippen molar-refractivity contribution >= 4 is 22.6 Å². The highest BCUT2D eigenvalue weighted by molar-refractivity contribution is 7.84. The summed E-state index contributed by atoms with van der Waals surface area (Å²) in [6, 6.07) is 12.9. The monoisotopic (exact) mass is 467 g/mol. The molecule has 33 heavy (non-hydrogen) atoms. The molecule has 0 bridgehead atoms. The van der Waals surface area contributed by atoms with Crippen LogP contribution in [-0.2, 0) is 26.1 Å². The second kappa shape index (κ2) is 10.6. The van der Waals surface area contributed by atoms with Crippen molar-refractivity contribution < 1.29 is 13.8 Å². The summed E-state index contributed by atoms with van der Waals surface area (Å²) in [5, 5.41) is 7.23. The van der Waals surface area contributed by atoms with Crippen LogP contribution in [0.25, 0.3) is 11.5 Å². The lowest BCUT2D eigenvalue weighted by atomic mass is 10.1. The average Bonchev–Trinajstić information content (AvgIpc) is 3.49. The Labute approximate surface area is 196 Å². The van der Waals surface area contributed by atoms with E-state index in [-0.39, 0.29) is 23.3 Å². The van der Waals surface area contributed by atoms with Crippen LogP contribution in [0.5, 0.6) is 0 Å². The third-order valence-corrected chi connectivity index (χ3v) is 6.91. The smallest absolute Gasteiger partial charge is 0.244 e. The van der Waals surface area contributed by atoms with Gasteiger partial charge in [0.1, 0.15) is 17.6 Å². The summed E-state index contributed by atoms with van der Waals surface area (Å²) in [5.74, 6) is 0.340. The molecule has 2 aromatic heterocycles. The maximum Gasteiger partial charge on any atom is 0.244 e. The van der Waals surface area contributed by atoms with Gasteiger partial charge in [-0.05, 0) is 50.5 Å². The van der Waals surface area contributed by atoms with Gasteiger partial charge in [-0.1, -0.05) is 18.2 Å². The number of nitrogens with one attached hydrogen (secondary N) is 1. The fourth-order valence-corrected chi connectivity index (χ4v) is 5.12. The first-order valence-corrected chi connectivity index (χ1v) is 12.7. The third kappa shape index (κ3) is 5.60.